The monoisotopic (exact) mass is 509 g/mol. The molecular weight excluding hydrogens is 473 g/mol. The molecule has 1 atom stereocenters. The summed E-state index contributed by atoms with van der Waals surface area (Å²) in [5, 5.41) is 7.81. The van der Waals surface area contributed by atoms with Crippen LogP contribution in [-0.2, 0) is 19.9 Å². The van der Waals surface area contributed by atoms with Crippen LogP contribution in [0.1, 0.15) is 38.3 Å². The van der Waals surface area contributed by atoms with Crippen molar-refractivity contribution >= 4 is 29.9 Å². The van der Waals surface area contributed by atoms with Crippen molar-refractivity contribution in [1.82, 2.24) is 20.0 Å². The van der Waals surface area contributed by atoms with Gasteiger partial charge >= 0.3 is 0 Å². The van der Waals surface area contributed by atoms with Crippen molar-refractivity contribution in [3.05, 3.63) is 53.9 Å². The molecule has 1 N–H and O–H groups in total. The highest BCUT2D eigenvalue weighted by molar-refractivity contribution is 14.0. The third-order valence-electron chi connectivity index (χ3n) is 5.39. The summed E-state index contributed by atoms with van der Waals surface area (Å²) < 4.78 is 1.89. The quantitative estimate of drug-likeness (QED) is 0.347. The Morgan fingerprint density at radius 3 is 2.66 bits per heavy atom. The van der Waals surface area contributed by atoms with E-state index in [-0.39, 0.29) is 29.4 Å². The maximum atomic E-state index is 5.02. The van der Waals surface area contributed by atoms with E-state index in [2.05, 4.69) is 72.6 Å². The fourth-order valence-electron chi connectivity index (χ4n) is 4.02. The lowest BCUT2D eigenvalue weighted by atomic mass is 9.86. The zero-order chi connectivity index (χ0) is 20.0. The van der Waals surface area contributed by atoms with Gasteiger partial charge in [-0.1, -0.05) is 44.2 Å². The van der Waals surface area contributed by atoms with E-state index in [9.17, 15) is 0 Å². The molecule has 0 saturated carbocycles. The van der Waals surface area contributed by atoms with Crippen molar-refractivity contribution < 1.29 is 0 Å². The molecule has 160 valence electrons. The fraction of sp³-hybridized carbons (Fsp3) is 0.565. The zero-order valence-electron chi connectivity index (χ0n) is 18.3. The smallest absolute Gasteiger partial charge is 0.193 e. The lowest BCUT2D eigenvalue weighted by molar-refractivity contribution is 0.371. The number of nitrogens with zero attached hydrogens (tertiary/aromatic N) is 4. The van der Waals surface area contributed by atoms with Gasteiger partial charge in [0.2, 0.25) is 0 Å². The van der Waals surface area contributed by atoms with Crippen molar-refractivity contribution in [2.24, 2.45) is 23.4 Å². The lowest BCUT2D eigenvalue weighted by Gasteiger charge is -2.26. The highest BCUT2D eigenvalue weighted by Gasteiger charge is 2.26. The Labute approximate surface area is 193 Å². The summed E-state index contributed by atoms with van der Waals surface area (Å²) in [5.41, 5.74) is 2.85. The van der Waals surface area contributed by atoms with Gasteiger partial charge in [0, 0.05) is 39.4 Å². The van der Waals surface area contributed by atoms with Crippen LogP contribution < -0.4 is 5.32 Å². The molecule has 0 spiro atoms. The fourth-order valence-corrected chi connectivity index (χ4v) is 4.02. The molecule has 2 heterocycles. The number of aromatic nitrogens is 2. The van der Waals surface area contributed by atoms with Gasteiger partial charge in [0.1, 0.15) is 0 Å². The maximum absolute atomic E-state index is 5.02. The molecule has 1 aromatic carbocycles. The van der Waals surface area contributed by atoms with Gasteiger partial charge in [0.05, 0.1) is 6.20 Å². The van der Waals surface area contributed by atoms with Crippen LogP contribution in [0.25, 0.3) is 0 Å². The summed E-state index contributed by atoms with van der Waals surface area (Å²) in [4.78, 5) is 7.46. The molecule has 2 aromatic rings. The number of halogens is 1. The third kappa shape index (κ3) is 7.32. The van der Waals surface area contributed by atoms with Crippen LogP contribution in [0, 0.1) is 11.3 Å². The Morgan fingerprint density at radius 1 is 1.24 bits per heavy atom. The number of likely N-dealkylation sites (tertiary alicyclic amines) is 1. The van der Waals surface area contributed by atoms with Crippen molar-refractivity contribution in [1.29, 1.82) is 0 Å². The first-order valence-corrected chi connectivity index (χ1v) is 10.5. The molecule has 3 rings (SSSR count). The standard InChI is InChI=1S/C23H35N5.HI/c1-5-24-22(25-18-23(2,3)14-19-9-7-6-8-10-19)28-12-11-20(17-28)13-21-15-26-27(4)16-21;/h6-10,15-16,20H,5,11-14,17-18H2,1-4H3,(H,24,25);1H. The van der Waals surface area contributed by atoms with Crippen LogP contribution in [-0.4, -0.2) is 46.8 Å². The Morgan fingerprint density at radius 2 is 2.00 bits per heavy atom. The first-order valence-electron chi connectivity index (χ1n) is 10.5. The average Bonchev–Trinajstić information content (AvgIpc) is 3.28. The van der Waals surface area contributed by atoms with Crippen LogP contribution in [0.3, 0.4) is 0 Å². The Hall–Kier alpha value is -1.57. The van der Waals surface area contributed by atoms with Crippen molar-refractivity contribution in [3.63, 3.8) is 0 Å². The summed E-state index contributed by atoms with van der Waals surface area (Å²) in [6, 6.07) is 10.7. The minimum absolute atomic E-state index is 0. The topological polar surface area (TPSA) is 45.5 Å². The minimum Gasteiger partial charge on any atom is -0.357 e. The molecule has 1 aliphatic heterocycles. The van der Waals surface area contributed by atoms with E-state index in [0.29, 0.717) is 5.92 Å². The summed E-state index contributed by atoms with van der Waals surface area (Å²) >= 11 is 0. The van der Waals surface area contributed by atoms with Gasteiger partial charge < -0.3 is 10.2 Å². The molecular formula is C23H36IN5. The van der Waals surface area contributed by atoms with Crippen LogP contribution in [0.4, 0.5) is 0 Å². The summed E-state index contributed by atoms with van der Waals surface area (Å²) in [6.45, 7) is 10.6. The molecule has 0 amide bonds. The van der Waals surface area contributed by atoms with Gasteiger partial charge in [0.25, 0.3) is 0 Å². The minimum atomic E-state index is 0. The van der Waals surface area contributed by atoms with Gasteiger partial charge in [-0.2, -0.15) is 5.10 Å². The van der Waals surface area contributed by atoms with E-state index in [4.69, 9.17) is 4.99 Å². The van der Waals surface area contributed by atoms with Gasteiger partial charge in [-0.3, -0.25) is 9.67 Å². The molecule has 0 radical (unpaired) electrons. The van der Waals surface area contributed by atoms with Crippen LogP contribution in [0.15, 0.2) is 47.7 Å². The average molecular weight is 509 g/mol. The number of hydrogen-bond donors (Lipinski definition) is 1. The highest BCUT2D eigenvalue weighted by atomic mass is 127. The van der Waals surface area contributed by atoms with E-state index in [0.717, 1.165) is 45.0 Å². The largest absolute Gasteiger partial charge is 0.357 e. The third-order valence-corrected chi connectivity index (χ3v) is 5.39. The molecule has 0 bridgehead atoms. The molecule has 1 aromatic heterocycles. The van der Waals surface area contributed by atoms with E-state index < -0.39 is 0 Å². The Kier molecular flexibility index (Phi) is 8.99. The molecule has 29 heavy (non-hydrogen) atoms. The molecule has 1 unspecified atom stereocenters. The van der Waals surface area contributed by atoms with E-state index in [1.165, 1.54) is 17.5 Å². The second-order valence-corrected chi connectivity index (χ2v) is 8.82. The molecule has 1 saturated heterocycles. The highest BCUT2D eigenvalue weighted by Crippen LogP contribution is 2.24. The number of aryl methyl sites for hydroxylation is 1. The van der Waals surface area contributed by atoms with Crippen molar-refractivity contribution in [3.8, 4) is 0 Å². The predicted octanol–water partition coefficient (Wildman–Crippen LogP) is 4.14. The number of aliphatic imine (C=N–C) groups is 1. The lowest BCUT2D eigenvalue weighted by Crippen LogP contribution is -2.41. The molecule has 6 heteroatoms. The number of rotatable bonds is 7. The van der Waals surface area contributed by atoms with Crippen LogP contribution >= 0.6 is 24.0 Å². The Bertz CT molecular complexity index is 769. The summed E-state index contributed by atoms with van der Waals surface area (Å²) in [5.74, 6) is 1.74. The first-order chi connectivity index (χ1) is 13.4. The van der Waals surface area contributed by atoms with Gasteiger partial charge in [-0.15, -0.1) is 24.0 Å². The number of nitrogens with one attached hydrogen (secondary N) is 1. The molecule has 5 nitrogen and oxygen atoms in total. The maximum Gasteiger partial charge on any atom is 0.193 e. The second-order valence-electron chi connectivity index (χ2n) is 8.82. The van der Waals surface area contributed by atoms with E-state index in [1.807, 2.05) is 17.9 Å². The van der Waals surface area contributed by atoms with Gasteiger partial charge in [0.15, 0.2) is 5.96 Å². The number of guanidine groups is 1. The summed E-state index contributed by atoms with van der Waals surface area (Å²) in [6.07, 6.45) is 7.48. The molecule has 1 aliphatic rings. The molecule has 1 fully saturated rings. The van der Waals surface area contributed by atoms with Crippen LogP contribution in [0.5, 0.6) is 0 Å². The first kappa shape index (κ1) is 23.7. The van der Waals surface area contributed by atoms with E-state index >= 15 is 0 Å². The second kappa shape index (κ2) is 11.0. The normalized spacial score (nSPS) is 17.3. The zero-order valence-corrected chi connectivity index (χ0v) is 20.6. The van der Waals surface area contributed by atoms with Gasteiger partial charge in [-0.25, -0.2) is 0 Å². The Balaban J connectivity index is 0.00000300. The number of benzene rings is 1. The van der Waals surface area contributed by atoms with Crippen molar-refractivity contribution in [2.45, 2.75) is 40.0 Å². The van der Waals surface area contributed by atoms with Crippen molar-refractivity contribution in [2.75, 3.05) is 26.2 Å². The van der Waals surface area contributed by atoms with E-state index in [1.54, 1.807) is 0 Å². The SMILES string of the molecule is CCNC(=NCC(C)(C)Cc1ccccc1)N1CCC(Cc2cnn(C)c2)C1.I. The molecule has 0 aliphatic carbocycles. The predicted molar refractivity (Wildman–Crippen MR) is 132 cm³/mol. The van der Waals surface area contributed by atoms with Gasteiger partial charge in [-0.05, 0) is 48.6 Å². The van der Waals surface area contributed by atoms with Crippen LogP contribution in [0.2, 0.25) is 0 Å². The summed E-state index contributed by atoms with van der Waals surface area (Å²) in [7, 11) is 1.98. The number of hydrogen-bond acceptors (Lipinski definition) is 2.